The molecule has 0 aliphatic carbocycles. The van der Waals surface area contributed by atoms with Crippen LogP contribution in [0.25, 0.3) is 22.2 Å². The van der Waals surface area contributed by atoms with Crippen molar-refractivity contribution in [2.24, 2.45) is 0 Å². The number of hydrogen-bond donors (Lipinski definition) is 3. The van der Waals surface area contributed by atoms with E-state index in [4.69, 9.17) is 5.73 Å². The fourth-order valence-corrected chi connectivity index (χ4v) is 3.39. The van der Waals surface area contributed by atoms with Crippen molar-refractivity contribution in [1.82, 2.24) is 19.4 Å². The maximum Gasteiger partial charge on any atom is 0.407 e. The molecule has 2 aromatic heterocycles. The molecule has 1 aromatic carbocycles. The van der Waals surface area contributed by atoms with Crippen LogP contribution in [0.1, 0.15) is 12.5 Å². The lowest BCUT2D eigenvalue weighted by molar-refractivity contribution is 0.154. The molecule has 4 N–H and O–H groups in total. The molecule has 0 radical (unpaired) electrons. The van der Waals surface area contributed by atoms with Crippen LogP contribution >= 0.6 is 0 Å². The van der Waals surface area contributed by atoms with Gasteiger partial charge >= 0.3 is 6.09 Å². The summed E-state index contributed by atoms with van der Waals surface area (Å²) in [6.45, 7) is 0.910. The highest BCUT2D eigenvalue weighted by Crippen LogP contribution is 2.36. The third kappa shape index (κ3) is 2.51. The Morgan fingerprint density at radius 2 is 2.00 bits per heavy atom. The number of benzene rings is 1. The second-order valence-corrected chi connectivity index (χ2v) is 6.13. The molecule has 0 spiro atoms. The van der Waals surface area contributed by atoms with E-state index in [1.807, 2.05) is 10.8 Å². The first-order valence-electron chi connectivity index (χ1n) is 7.93. The van der Waals surface area contributed by atoms with Gasteiger partial charge < -0.3 is 25.4 Å². The first kappa shape index (κ1) is 15.3. The van der Waals surface area contributed by atoms with Gasteiger partial charge in [-0.15, -0.1) is 0 Å². The lowest BCUT2D eigenvalue weighted by atomic mass is 10.1. The second-order valence-electron chi connectivity index (χ2n) is 6.13. The minimum absolute atomic E-state index is 0.00114. The van der Waals surface area contributed by atoms with E-state index in [2.05, 4.69) is 9.97 Å². The normalized spacial score (nSPS) is 17.3. The number of phenolic OH excluding ortho intramolecular Hbond substituents is 1. The molecule has 1 saturated heterocycles. The van der Waals surface area contributed by atoms with Gasteiger partial charge in [0.15, 0.2) is 0 Å². The molecular formula is C17H17N5O3. The quantitative estimate of drug-likeness (QED) is 0.659. The average Bonchev–Trinajstić information content (AvgIpc) is 3.21. The predicted molar refractivity (Wildman–Crippen MR) is 92.3 cm³/mol. The van der Waals surface area contributed by atoms with Crippen molar-refractivity contribution in [1.29, 1.82) is 0 Å². The van der Waals surface area contributed by atoms with Gasteiger partial charge in [-0.25, -0.2) is 14.8 Å². The van der Waals surface area contributed by atoms with Crippen LogP contribution in [0.4, 0.5) is 10.6 Å². The Morgan fingerprint density at radius 3 is 2.68 bits per heavy atom. The number of nitrogens with two attached hydrogens (primary N) is 1. The molecule has 1 unspecified atom stereocenters. The number of aromatic hydroxyl groups is 1. The number of aromatic nitrogens is 3. The van der Waals surface area contributed by atoms with Crippen molar-refractivity contribution in [3.8, 4) is 16.9 Å². The van der Waals surface area contributed by atoms with Gasteiger partial charge in [-0.2, -0.15) is 0 Å². The Labute approximate surface area is 143 Å². The summed E-state index contributed by atoms with van der Waals surface area (Å²) in [6.07, 6.45) is 3.16. The predicted octanol–water partition coefficient (Wildman–Crippen LogP) is 2.31. The number of anilines is 1. The average molecular weight is 339 g/mol. The number of amides is 1. The lowest BCUT2D eigenvalue weighted by Gasteiger charge is -2.14. The van der Waals surface area contributed by atoms with Crippen LogP contribution in [0, 0.1) is 0 Å². The summed E-state index contributed by atoms with van der Waals surface area (Å²) < 4.78 is 1.98. The maximum atomic E-state index is 11.2. The molecule has 3 heterocycles. The van der Waals surface area contributed by atoms with Crippen molar-refractivity contribution in [2.45, 2.75) is 12.5 Å². The Kier molecular flexibility index (Phi) is 3.45. The van der Waals surface area contributed by atoms with Gasteiger partial charge in [-0.1, -0.05) is 12.1 Å². The second kappa shape index (κ2) is 5.66. The van der Waals surface area contributed by atoms with Crippen LogP contribution in [0.3, 0.4) is 0 Å². The third-order valence-electron chi connectivity index (χ3n) is 4.64. The van der Waals surface area contributed by atoms with E-state index in [0.29, 0.717) is 24.6 Å². The summed E-state index contributed by atoms with van der Waals surface area (Å²) >= 11 is 0. The largest absolute Gasteiger partial charge is 0.508 e. The molecule has 8 nitrogen and oxygen atoms in total. The van der Waals surface area contributed by atoms with E-state index in [1.54, 1.807) is 24.3 Å². The van der Waals surface area contributed by atoms with Gasteiger partial charge in [0, 0.05) is 24.8 Å². The van der Waals surface area contributed by atoms with Crippen molar-refractivity contribution < 1.29 is 15.0 Å². The molecule has 1 aliphatic rings. The number of phenols is 1. The van der Waals surface area contributed by atoms with E-state index in [9.17, 15) is 15.0 Å². The molecular weight excluding hydrogens is 322 g/mol. The highest BCUT2D eigenvalue weighted by atomic mass is 16.4. The van der Waals surface area contributed by atoms with Crippen LogP contribution in [0.15, 0.2) is 36.8 Å². The van der Waals surface area contributed by atoms with Crippen molar-refractivity contribution in [2.75, 3.05) is 18.8 Å². The first-order chi connectivity index (χ1) is 12.0. The smallest absolute Gasteiger partial charge is 0.407 e. The molecule has 0 saturated carbocycles. The van der Waals surface area contributed by atoms with Crippen LogP contribution < -0.4 is 5.73 Å². The number of fused-ring (bicyclic) bond motifs is 1. The number of carbonyl (C=O) groups is 1. The minimum atomic E-state index is -0.910. The first-order valence-corrected chi connectivity index (χ1v) is 7.93. The molecule has 1 atom stereocenters. The molecule has 0 bridgehead atoms. The van der Waals surface area contributed by atoms with E-state index in [0.717, 1.165) is 22.9 Å². The van der Waals surface area contributed by atoms with Gasteiger partial charge in [0.2, 0.25) is 0 Å². The van der Waals surface area contributed by atoms with Gasteiger partial charge in [0.05, 0.1) is 11.4 Å². The molecule has 25 heavy (non-hydrogen) atoms. The zero-order chi connectivity index (χ0) is 17.6. The number of likely N-dealkylation sites (tertiary alicyclic amines) is 1. The van der Waals surface area contributed by atoms with E-state index in [-0.39, 0.29) is 11.8 Å². The fourth-order valence-electron chi connectivity index (χ4n) is 3.39. The summed E-state index contributed by atoms with van der Waals surface area (Å²) in [5, 5.41) is 19.4. The Balaban J connectivity index is 1.85. The monoisotopic (exact) mass is 339 g/mol. The summed E-state index contributed by atoms with van der Waals surface area (Å²) in [5.41, 5.74) is 8.53. The van der Waals surface area contributed by atoms with E-state index >= 15 is 0 Å². The maximum absolute atomic E-state index is 11.2. The SMILES string of the molecule is Nc1ncnc2c1c(-c1ccc(O)cc1)cn2C1CCN(C(=O)O)C1. The number of hydrogen-bond acceptors (Lipinski definition) is 5. The van der Waals surface area contributed by atoms with Crippen molar-refractivity contribution in [3.63, 3.8) is 0 Å². The highest BCUT2D eigenvalue weighted by Gasteiger charge is 2.29. The minimum Gasteiger partial charge on any atom is -0.508 e. The van der Waals surface area contributed by atoms with E-state index < -0.39 is 6.09 Å². The zero-order valence-electron chi connectivity index (χ0n) is 13.3. The highest BCUT2D eigenvalue weighted by molar-refractivity contribution is 6.00. The number of nitrogen functional groups attached to an aromatic ring is 1. The number of rotatable bonds is 2. The van der Waals surface area contributed by atoms with Crippen LogP contribution in [-0.2, 0) is 0 Å². The lowest BCUT2D eigenvalue weighted by Crippen LogP contribution is -2.27. The standard InChI is InChI=1S/C17H17N5O3/c18-15-14-13(10-1-3-12(23)4-2-10)8-22(16(14)20-9-19-15)11-5-6-21(7-11)17(24)25/h1-4,8-9,11,23H,5-7H2,(H,24,25)(H2,18,19,20). The van der Waals surface area contributed by atoms with E-state index in [1.165, 1.54) is 11.2 Å². The topological polar surface area (TPSA) is 118 Å². The summed E-state index contributed by atoms with van der Waals surface area (Å²) in [7, 11) is 0. The Morgan fingerprint density at radius 1 is 1.24 bits per heavy atom. The van der Waals surface area contributed by atoms with Gasteiger partial charge in [-0.3, -0.25) is 0 Å². The van der Waals surface area contributed by atoms with Gasteiger partial charge in [0.1, 0.15) is 23.5 Å². The zero-order valence-corrected chi connectivity index (χ0v) is 13.3. The summed E-state index contributed by atoms with van der Waals surface area (Å²) in [4.78, 5) is 21.1. The Hall–Kier alpha value is -3.29. The molecule has 128 valence electrons. The summed E-state index contributed by atoms with van der Waals surface area (Å²) in [6, 6.07) is 6.83. The molecule has 1 amide bonds. The third-order valence-corrected chi connectivity index (χ3v) is 4.64. The molecule has 8 heteroatoms. The van der Waals surface area contributed by atoms with Crippen molar-refractivity contribution >= 4 is 22.9 Å². The molecule has 1 fully saturated rings. The van der Waals surface area contributed by atoms with Crippen LogP contribution in [-0.4, -0.2) is 48.8 Å². The van der Waals surface area contributed by atoms with Gasteiger partial charge in [0.25, 0.3) is 0 Å². The van der Waals surface area contributed by atoms with Crippen LogP contribution in [0.5, 0.6) is 5.75 Å². The summed E-state index contributed by atoms with van der Waals surface area (Å²) in [5.74, 6) is 0.560. The molecule has 1 aliphatic heterocycles. The Bertz CT molecular complexity index is 951. The number of nitrogens with zero attached hydrogens (tertiary/aromatic N) is 4. The fraction of sp³-hybridized carbons (Fsp3) is 0.235. The number of carboxylic acid groups (broad SMARTS) is 1. The van der Waals surface area contributed by atoms with Gasteiger partial charge in [-0.05, 0) is 24.1 Å². The molecule has 4 rings (SSSR count). The van der Waals surface area contributed by atoms with Crippen molar-refractivity contribution in [3.05, 3.63) is 36.8 Å². The molecule has 3 aromatic rings. The van der Waals surface area contributed by atoms with Crippen LogP contribution in [0.2, 0.25) is 0 Å².